The fourth-order valence-corrected chi connectivity index (χ4v) is 1.97. The van der Waals surface area contributed by atoms with Gasteiger partial charge in [-0.25, -0.2) is 4.39 Å². The predicted octanol–water partition coefficient (Wildman–Crippen LogP) is 2.39. The Labute approximate surface area is 113 Å². The van der Waals surface area contributed by atoms with Crippen molar-refractivity contribution in [3.05, 3.63) is 35.6 Å². The van der Waals surface area contributed by atoms with Crippen LogP contribution in [0.1, 0.15) is 25.5 Å². The molecule has 0 bridgehead atoms. The van der Waals surface area contributed by atoms with Gasteiger partial charge in [0.25, 0.3) is 0 Å². The lowest BCUT2D eigenvalue weighted by Gasteiger charge is -2.20. The summed E-state index contributed by atoms with van der Waals surface area (Å²) in [4.78, 5) is 0. The molecule has 2 atom stereocenters. The second-order valence-electron chi connectivity index (χ2n) is 4.25. The van der Waals surface area contributed by atoms with Crippen molar-refractivity contribution in [2.45, 2.75) is 25.9 Å². The lowest BCUT2D eigenvalue weighted by molar-refractivity contribution is 0.179. The minimum Gasteiger partial charge on any atom is -0.383 e. The summed E-state index contributed by atoms with van der Waals surface area (Å²) >= 11 is 5.19. The van der Waals surface area contributed by atoms with Gasteiger partial charge in [-0.15, -0.1) is 0 Å². The third-order valence-electron chi connectivity index (χ3n) is 2.51. The fraction of sp³-hybridized carbons (Fsp3) is 0.462. The first kappa shape index (κ1) is 14.9. The molecule has 5 heteroatoms. The Bertz CT molecular complexity index is 383. The highest BCUT2D eigenvalue weighted by molar-refractivity contribution is 7.80. The summed E-state index contributed by atoms with van der Waals surface area (Å²) < 4.78 is 17.8. The third-order valence-corrected chi connectivity index (χ3v) is 2.75. The monoisotopic (exact) mass is 270 g/mol. The molecule has 3 nitrogen and oxygen atoms in total. The number of hydrogen-bond donors (Lipinski definition) is 2. The molecule has 0 amide bonds. The van der Waals surface area contributed by atoms with E-state index in [1.165, 1.54) is 12.1 Å². The van der Waals surface area contributed by atoms with Gasteiger partial charge in [-0.2, -0.15) is 0 Å². The van der Waals surface area contributed by atoms with Crippen LogP contribution in [0.4, 0.5) is 4.39 Å². The number of rotatable bonds is 5. The molecule has 0 aliphatic rings. The van der Waals surface area contributed by atoms with E-state index in [0.29, 0.717) is 11.7 Å². The van der Waals surface area contributed by atoms with Crippen LogP contribution in [0.2, 0.25) is 0 Å². The summed E-state index contributed by atoms with van der Waals surface area (Å²) in [6.45, 7) is 4.55. The van der Waals surface area contributed by atoms with Crippen LogP contribution >= 0.6 is 12.2 Å². The van der Waals surface area contributed by atoms with Crippen LogP contribution in [-0.4, -0.2) is 24.9 Å². The van der Waals surface area contributed by atoms with E-state index >= 15 is 0 Å². The van der Waals surface area contributed by atoms with Crippen LogP contribution in [0.5, 0.6) is 0 Å². The minimum absolute atomic E-state index is 0.0281. The predicted molar refractivity (Wildman–Crippen MR) is 75.0 cm³/mol. The summed E-state index contributed by atoms with van der Waals surface area (Å²) in [5.74, 6) is -0.236. The highest BCUT2D eigenvalue weighted by atomic mass is 32.1. The maximum absolute atomic E-state index is 12.8. The number of methoxy groups -OCH3 is 1. The summed E-state index contributed by atoms with van der Waals surface area (Å²) in [7, 11) is 1.65. The SMILES string of the molecule is COCC(C)NC(=S)NC(C)c1ccc(F)cc1. The van der Waals surface area contributed by atoms with Crippen LogP contribution in [0.25, 0.3) is 0 Å². The van der Waals surface area contributed by atoms with Crippen molar-refractivity contribution in [1.82, 2.24) is 10.6 Å². The van der Waals surface area contributed by atoms with E-state index in [0.717, 1.165) is 5.56 Å². The molecule has 2 unspecified atom stereocenters. The first-order valence-corrected chi connectivity index (χ1v) is 6.25. The third kappa shape index (κ3) is 4.98. The molecule has 1 rings (SSSR count). The van der Waals surface area contributed by atoms with Gasteiger partial charge in [0.1, 0.15) is 5.82 Å². The highest BCUT2D eigenvalue weighted by Crippen LogP contribution is 2.12. The Morgan fingerprint density at radius 1 is 1.28 bits per heavy atom. The molecule has 0 saturated heterocycles. The van der Waals surface area contributed by atoms with Crippen molar-refractivity contribution in [3.8, 4) is 0 Å². The van der Waals surface area contributed by atoms with Gasteiger partial charge in [0.15, 0.2) is 5.11 Å². The van der Waals surface area contributed by atoms with Crippen LogP contribution in [0, 0.1) is 5.82 Å². The molecule has 0 aliphatic carbocycles. The van der Waals surface area contributed by atoms with Crippen LogP contribution in [-0.2, 0) is 4.74 Å². The summed E-state index contributed by atoms with van der Waals surface area (Å²) in [6, 6.07) is 6.55. The normalized spacial score (nSPS) is 13.8. The Morgan fingerprint density at radius 3 is 2.44 bits per heavy atom. The average Bonchev–Trinajstić information content (AvgIpc) is 2.29. The molecule has 1 aromatic rings. The Morgan fingerprint density at radius 2 is 1.89 bits per heavy atom. The molecule has 0 spiro atoms. The van der Waals surface area contributed by atoms with Gasteiger partial charge >= 0.3 is 0 Å². The van der Waals surface area contributed by atoms with E-state index in [1.54, 1.807) is 19.2 Å². The topological polar surface area (TPSA) is 33.3 Å². The maximum Gasteiger partial charge on any atom is 0.167 e. The van der Waals surface area contributed by atoms with Crippen molar-refractivity contribution in [1.29, 1.82) is 0 Å². The highest BCUT2D eigenvalue weighted by Gasteiger charge is 2.09. The fourth-order valence-electron chi connectivity index (χ4n) is 1.59. The van der Waals surface area contributed by atoms with Gasteiger partial charge in [-0.3, -0.25) is 0 Å². The first-order valence-electron chi connectivity index (χ1n) is 5.84. The Balaban J connectivity index is 2.46. The largest absolute Gasteiger partial charge is 0.383 e. The van der Waals surface area contributed by atoms with E-state index in [-0.39, 0.29) is 17.9 Å². The molecular weight excluding hydrogens is 251 g/mol. The number of benzene rings is 1. The second kappa shape index (κ2) is 7.28. The molecule has 0 saturated carbocycles. The first-order chi connectivity index (χ1) is 8.52. The van der Waals surface area contributed by atoms with Gasteiger partial charge in [-0.05, 0) is 43.8 Å². The zero-order valence-corrected chi connectivity index (χ0v) is 11.7. The zero-order valence-electron chi connectivity index (χ0n) is 10.9. The van der Waals surface area contributed by atoms with Crippen molar-refractivity contribution < 1.29 is 9.13 Å². The standard InChI is InChI=1S/C13H19FN2OS/c1-9(8-17-3)15-13(18)16-10(2)11-4-6-12(14)7-5-11/h4-7,9-10H,8H2,1-3H3,(H2,15,16,18). The molecule has 0 aromatic heterocycles. The molecule has 18 heavy (non-hydrogen) atoms. The van der Waals surface area contributed by atoms with E-state index in [9.17, 15) is 4.39 Å². The molecule has 0 heterocycles. The van der Waals surface area contributed by atoms with Crippen molar-refractivity contribution >= 4 is 17.3 Å². The summed E-state index contributed by atoms with van der Waals surface area (Å²) in [5.41, 5.74) is 0.986. The van der Waals surface area contributed by atoms with Crippen LogP contribution < -0.4 is 10.6 Å². The lowest BCUT2D eigenvalue weighted by Crippen LogP contribution is -2.43. The number of hydrogen-bond acceptors (Lipinski definition) is 2. The van der Waals surface area contributed by atoms with Crippen molar-refractivity contribution in [2.75, 3.05) is 13.7 Å². The quantitative estimate of drug-likeness (QED) is 0.805. The average molecular weight is 270 g/mol. The second-order valence-corrected chi connectivity index (χ2v) is 4.66. The number of halogens is 1. The van der Waals surface area contributed by atoms with Crippen molar-refractivity contribution in [2.24, 2.45) is 0 Å². The number of nitrogens with one attached hydrogen (secondary N) is 2. The lowest BCUT2D eigenvalue weighted by atomic mass is 10.1. The van der Waals surface area contributed by atoms with Gasteiger partial charge in [-0.1, -0.05) is 12.1 Å². The molecule has 0 radical (unpaired) electrons. The van der Waals surface area contributed by atoms with Gasteiger partial charge in [0.2, 0.25) is 0 Å². The summed E-state index contributed by atoms with van der Waals surface area (Å²) in [5, 5.41) is 6.83. The molecule has 2 N–H and O–H groups in total. The number of thiocarbonyl (C=S) groups is 1. The van der Waals surface area contributed by atoms with E-state index in [4.69, 9.17) is 17.0 Å². The van der Waals surface area contributed by atoms with Gasteiger partial charge < -0.3 is 15.4 Å². The van der Waals surface area contributed by atoms with Gasteiger partial charge in [0, 0.05) is 13.2 Å². The van der Waals surface area contributed by atoms with Crippen molar-refractivity contribution in [3.63, 3.8) is 0 Å². The molecule has 1 aromatic carbocycles. The Hall–Kier alpha value is -1.20. The van der Waals surface area contributed by atoms with Crippen LogP contribution in [0.15, 0.2) is 24.3 Å². The van der Waals surface area contributed by atoms with E-state index in [1.807, 2.05) is 13.8 Å². The molecule has 100 valence electrons. The maximum atomic E-state index is 12.8. The molecule has 0 aliphatic heterocycles. The number of ether oxygens (including phenoxy) is 1. The summed E-state index contributed by atoms with van der Waals surface area (Å²) in [6.07, 6.45) is 0. The smallest absolute Gasteiger partial charge is 0.167 e. The zero-order chi connectivity index (χ0) is 13.5. The van der Waals surface area contributed by atoms with E-state index in [2.05, 4.69) is 10.6 Å². The Kier molecular flexibility index (Phi) is 6.01. The van der Waals surface area contributed by atoms with E-state index < -0.39 is 0 Å². The van der Waals surface area contributed by atoms with Gasteiger partial charge in [0.05, 0.1) is 12.6 Å². The molecular formula is C13H19FN2OS. The van der Waals surface area contributed by atoms with Crippen LogP contribution in [0.3, 0.4) is 0 Å². The molecule has 0 fully saturated rings. The minimum atomic E-state index is -0.236.